The summed E-state index contributed by atoms with van der Waals surface area (Å²) in [5.74, 6) is 1.54. The molecule has 0 aliphatic heterocycles. The number of ketones is 2. The van der Waals surface area contributed by atoms with Crippen LogP contribution in [0, 0.1) is 5.92 Å². The van der Waals surface area contributed by atoms with Crippen LogP contribution in [0.3, 0.4) is 0 Å². The van der Waals surface area contributed by atoms with E-state index >= 15 is 0 Å². The first-order chi connectivity index (χ1) is 20.9. The van der Waals surface area contributed by atoms with E-state index in [1.807, 2.05) is 92.9 Å². The van der Waals surface area contributed by atoms with E-state index in [1.165, 1.54) is 0 Å². The summed E-state index contributed by atoms with van der Waals surface area (Å²) in [6, 6.07) is 30.0. The highest BCUT2D eigenvalue weighted by Gasteiger charge is 2.13. The van der Waals surface area contributed by atoms with Crippen molar-refractivity contribution in [3.63, 3.8) is 0 Å². The molecule has 4 aromatic carbocycles. The summed E-state index contributed by atoms with van der Waals surface area (Å²) in [6.07, 6.45) is 5.95. The van der Waals surface area contributed by atoms with Gasteiger partial charge in [-0.3, -0.25) is 19.6 Å². The second-order valence-electron chi connectivity index (χ2n) is 10.7. The van der Waals surface area contributed by atoms with Crippen LogP contribution < -0.4 is 4.74 Å². The van der Waals surface area contributed by atoms with Crippen molar-refractivity contribution < 1.29 is 19.4 Å². The Kier molecular flexibility index (Phi) is 11.6. The lowest BCUT2D eigenvalue weighted by Gasteiger charge is -2.10. The first kappa shape index (κ1) is 31.1. The SMILES string of the molecule is CCOc1ccc(/N=C/c2ccc(CC(=O)CC[C@H](C)CC(=O)Cc3ccc(/C=N/c4ccc(O)cc4)cc3)cc2)cc1. The van der Waals surface area contributed by atoms with Crippen LogP contribution in [0.4, 0.5) is 11.4 Å². The van der Waals surface area contributed by atoms with Gasteiger partial charge in [0.15, 0.2) is 0 Å². The van der Waals surface area contributed by atoms with Gasteiger partial charge in [0, 0.05) is 38.1 Å². The Morgan fingerprint density at radius 3 is 1.72 bits per heavy atom. The van der Waals surface area contributed by atoms with Crippen molar-refractivity contribution >= 4 is 35.4 Å². The number of carbonyl (C=O) groups is 2. The first-order valence-electron chi connectivity index (χ1n) is 14.7. The van der Waals surface area contributed by atoms with Gasteiger partial charge in [-0.15, -0.1) is 0 Å². The highest BCUT2D eigenvalue weighted by molar-refractivity contribution is 5.85. The minimum Gasteiger partial charge on any atom is -0.508 e. The van der Waals surface area contributed by atoms with Gasteiger partial charge in [-0.1, -0.05) is 55.5 Å². The standard InChI is InChI=1S/C37H38N2O4/c1-3-43-37-20-15-33(16-21-37)39-26-30-9-5-28(6-10-30)23-35(41)17-4-27(2)22-36(42)24-29-7-11-31(12-8-29)25-38-32-13-18-34(40)19-14-32/h5-16,18-21,25-27,40H,3-4,17,22-24H2,1-2H3/b38-25+,39-26+/t27-/m0/s1. The Balaban J connectivity index is 1.16. The molecule has 1 N–H and O–H groups in total. The number of nitrogens with zero attached hydrogens (tertiary/aromatic N) is 2. The van der Waals surface area contributed by atoms with Gasteiger partial charge in [0.1, 0.15) is 23.1 Å². The van der Waals surface area contributed by atoms with Crippen LogP contribution in [0.5, 0.6) is 11.5 Å². The lowest BCUT2D eigenvalue weighted by molar-refractivity contribution is -0.121. The fraction of sp³-hybridized carbons (Fsp3) is 0.243. The molecular formula is C37H38N2O4. The van der Waals surface area contributed by atoms with Crippen LogP contribution in [-0.2, 0) is 22.4 Å². The van der Waals surface area contributed by atoms with Gasteiger partial charge in [-0.25, -0.2) is 0 Å². The second kappa shape index (κ2) is 16.0. The third-order valence-electron chi connectivity index (χ3n) is 6.98. The maximum atomic E-state index is 12.7. The molecule has 6 heteroatoms. The number of phenols is 1. The van der Waals surface area contributed by atoms with Gasteiger partial charge >= 0.3 is 0 Å². The molecule has 0 fully saturated rings. The fourth-order valence-corrected chi connectivity index (χ4v) is 4.59. The summed E-state index contributed by atoms with van der Waals surface area (Å²) < 4.78 is 5.46. The second-order valence-corrected chi connectivity index (χ2v) is 10.7. The molecule has 0 unspecified atom stereocenters. The van der Waals surface area contributed by atoms with E-state index in [2.05, 4.69) is 9.98 Å². The highest BCUT2D eigenvalue weighted by atomic mass is 16.5. The maximum absolute atomic E-state index is 12.7. The van der Waals surface area contributed by atoms with Crippen LogP contribution >= 0.6 is 0 Å². The quantitative estimate of drug-likeness (QED) is 0.146. The Labute approximate surface area is 253 Å². The molecule has 1 atom stereocenters. The summed E-state index contributed by atoms with van der Waals surface area (Å²) >= 11 is 0. The average molecular weight is 575 g/mol. The number of rotatable bonds is 15. The summed E-state index contributed by atoms with van der Waals surface area (Å²) in [5, 5.41) is 9.37. The molecule has 0 aliphatic carbocycles. The number of aliphatic imine (C=N–C) groups is 2. The molecule has 0 aromatic heterocycles. The summed E-state index contributed by atoms with van der Waals surface area (Å²) in [4.78, 5) is 34.2. The predicted molar refractivity (Wildman–Crippen MR) is 174 cm³/mol. The highest BCUT2D eigenvalue weighted by Crippen LogP contribution is 2.19. The van der Waals surface area contributed by atoms with Gasteiger partial charge in [0.25, 0.3) is 0 Å². The molecule has 0 spiro atoms. The summed E-state index contributed by atoms with van der Waals surface area (Å²) in [6.45, 7) is 4.62. The lowest BCUT2D eigenvalue weighted by Crippen LogP contribution is -2.11. The molecule has 4 rings (SSSR count). The Morgan fingerprint density at radius 1 is 0.721 bits per heavy atom. The van der Waals surface area contributed by atoms with Crippen molar-refractivity contribution in [2.75, 3.05) is 6.61 Å². The molecule has 6 nitrogen and oxygen atoms in total. The maximum Gasteiger partial charge on any atom is 0.137 e. The van der Waals surface area contributed by atoms with Crippen LogP contribution in [-0.4, -0.2) is 35.7 Å². The molecule has 43 heavy (non-hydrogen) atoms. The van der Waals surface area contributed by atoms with Gasteiger partial charge in [0.05, 0.1) is 18.0 Å². The van der Waals surface area contributed by atoms with Gasteiger partial charge in [-0.2, -0.15) is 0 Å². The molecule has 4 aromatic rings. The summed E-state index contributed by atoms with van der Waals surface area (Å²) in [5.41, 5.74) is 5.44. The monoisotopic (exact) mass is 574 g/mol. The molecule has 0 bridgehead atoms. The lowest BCUT2D eigenvalue weighted by atomic mass is 9.94. The van der Waals surface area contributed by atoms with E-state index in [9.17, 15) is 14.7 Å². The fourth-order valence-electron chi connectivity index (χ4n) is 4.59. The number of ether oxygens (including phenoxy) is 1. The Hall–Kier alpha value is -4.84. The van der Waals surface area contributed by atoms with Gasteiger partial charge < -0.3 is 9.84 Å². The van der Waals surface area contributed by atoms with Crippen LogP contribution in [0.2, 0.25) is 0 Å². The zero-order chi connectivity index (χ0) is 30.4. The van der Waals surface area contributed by atoms with E-state index in [-0.39, 0.29) is 23.2 Å². The average Bonchev–Trinajstić information content (AvgIpc) is 3.01. The number of aromatic hydroxyl groups is 1. The number of Topliss-reactive ketones (excluding diaryl/α,β-unsaturated/α-hetero) is 2. The molecule has 0 amide bonds. The zero-order valence-corrected chi connectivity index (χ0v) is 24.8. The van der Waals surface area contributed by atoms with Crippen molar-refractivity contribution in [2.45, 2.75) is 46.0 Å². The van der Waals surface area contributed by atoms with Crippen LogP contribution in [0.1, 0.15) is 55.4 Å². The predicted octanol–water partition coefficient (Wildman–Crippen LogP) is 8.02. The van der Waals surface area contributed by atoms with Crippen molar-refractivity contribution in [3.05, 3.63) is 119 Å². The third-order valence-corrected chi connectivity index (χ3v) is 6.98. The number of phenolic OH excluding ortho intramolecular Hbond substituents is 1. The molecule has 0 radical (unpaired) electrons. The third kappa shape index (κ3) is 10.8. The zero-order valence-electron chi connectivity index (χ0n) is 24.8. The smallest absolute Gasteiger partial charge is 0.137 e. The van der Waals surface area contributed by atoms with E-state index in [0.717, 1.165) is 39.4 Å². The minimum atomic E-state index is 0.148. The van der Waals surface area contributed by atoms with Crippen molar-refractivity contribution in [3.8, 4) is 11.5 Å². The van der Waals surface area contributed by atoms with Gasteiger partial charge in [0.2, 0.25) is 0 Å². The minimum absolute atomic E-state index is 0.148. The van der Waals surface area contributed by atoms with Crippen molar-refractivity contribution in [1.82, 2.24) is 0 Å². The number of hydrogen-bond donors (Lipinski definition) is 1. The Morgan fingerprint density at radius 2 is 1.21 bits per heavy atom. The van der Waals surface area contributed by atoms with E-state index in [1.54, 1.807) is 30.5 Å². The van der Waals surface area contributed by atoms with Crippen LogP contribution in [0.15, 0.2) is 107 Å². The van der Waals surface area contributed by atoms with E-state index < -0.39 is 0 Å². The normalized spacial score (nSPS) is 12.0. The van der Waals surface area contributed by atoms with Crippen LogP contribution in [0.25, 0.3) is 0 Å². The van der Waals surface area contributed by atoms with E-state index in [4.69, 9.17) is 4.74 Å². The summed E-state index contributed by atoms with van der Waals surface area (Å²) in [7, 11) is 0. The van der Waals surface area contributed by atoms with Crippen molar-refractivity contribution in [2.24, 2.45) is 15.9 Å². The number of carbonyl (C=O) groups excluding carboxylic acids is 2. The van der Waals surface area contributed by atoms with Crippen molar-refractivity contribution in [1.29, 1.82) is 0 Å². The molecule has 0 saturated carbocycles. The molecule has 0 aliphatic rings. The molecule has 220 valence electrons. The topological polar surface area (TPSA) is 88.3 Å². The largest absolute Gasteiger partial charge is 0.508 e. The molecule has 0 heterocycles. The van der Waals surface area contributed by atoms with E-state index in [0.29, 0.717) is 38.7 Å². The Bertz CT molecular complexity index is 1520. The first-order valence-corrected chi connectivity index (χ1v) is 14.7. The van der Waals surface area contributed by atoms with Gasteiger partial charge in [-0.05, 0) is 90.0 Å². The molecule has 0 saturated heterocycles. The number of benzene rings is 4. The number of hydrogen-bond acceptors (Lipinski definition) is 6. The molecular weight excluding hydrogens is 536 g/mol.